The maximum Gasteiger partial charge on any atom is 0.324 e. The second-order valence-corrected chi connectivity index (χ2v) is 4.51. The fraction of sp³-hybridized carbons (Fsp3) is 0.533. The molecule has 1 rings (SSSR count). The number of hydrogen-bond donors (Lipinski definition) is 2. The van der Waals surface area contributed by atoms with Crippen molar-refractivity contribution in [2.24, 2.45) is 0 Å². The summed E-state index contributed by atoms with van der Waals surface area (Å²) in [6.45, 7) is 4.79. The van der Waals surface area contributed by atoms with Gasteiger partial charge in [-0.25, -0.2) is 0 Å². The second kappa shape index (κ2) is 8.53. The molecule has 1 aromatic carbocycles. The number of carboxylic acid groups (broad SMARTS) is 1. The van der Waals surface area contributed by atoms with Crippen molar-refractivity contribution in [2.75, 3.05) is 13.2 Å². The summed E-state index contributed by atoms with van der Waals surface area (Å²) in [5, 5.41) is 11.8. The topological polar surface area (TPSA) is 58.6 Å². The SMILES string of the molecule is CCCCc1ccc(OCC(NCC)C(=O)O)cc1. The van der Waals surface area contributed by atoms with Crippen LogP contribution in [0.25, 0.3) is 0 Å². The lowest BCUT2D eigenvalue weighted by molar-refractivity contribution is -0.140. The van der Waals surface area contributed by atoms with Gasteiger partial charge < -0.3 is 15.2 Å². The van der Waals surface area contributed by atoms with Crippen LogP contribution in [0.5, 0.6) is 5.75 Å². The third kappa shape index (κ3) is 5.75. The molecule has 2 N–H and O–H groups in total. The number of likely N-dealkylation sites (N-methyl/N-ethyl adjacent to an activating group) is 1. The van der Waals surface area contributed by atoms with Crippen LogP contribution in [0.15, 0.2) is 24.3 Å². The third-order valence-electron chi connectivity index (χ3n) is 2.91. The van der Waals surface area contributed by atoms with Crippen LogP contribution in [0.3, 0.4) is 0 Å². The molecule has 0 amide bonds. The van der Waals surface area contributed by atoms with Gasteiger partial charge in [-0.1, -0.05) is 32.4 Å². The third-order valence-corrected chi connectivity index (χ3v) is 2.91. The van der Waals surface area contributed by atoms with E-state index >= 15 is 0 Å². The summed E-state index contributed by atoms with van der Waals surface area (Å²) in [6.07, 6.45) is 3.44. The first-order chi connectivity index (χ1) is 9.17. The van der Waals surface area contributed by atoms with E-state index in [1.807, 2.05) is 31.2 Å². The average molecular weight is 265 g/mol. The molecule has 0 fully saturated rings. The monoisotopic (exact) mass is 265 g/mol. The molecule has 106 valence electrons. The van der Waals surface area contributed by atoms with E-state index < -0.39 is 12.0 Å². The molecule has 4 nitrogen and oxygen atoms in total. The van der Waals surface area contributed by atoms with E-state index in [0.29, 0.717) is 12.3 Å². The number of rotatable bonds is 9. The first-order valence-electron chi connectivity index (χ1n) is 6.85. The van der Waals surface area contributed by atoms with Crippen LogP contribution in [0.1, 0.15) is 32.3 Å². The predicted octanol–water partition coefficient (Wildman–Crippen LogP) is 2.47. The Bertz CT molecular complexity index is 375. The highest BCUT2D eigenvalue weighted by Crippen LogP contribution is 2.14. The van der Waals surface area contributed by atoms with E-state index in [2.05, 4.69) is 12.2 Å². The molecule has 0 saturated heterocycles. The summed E-state index contributed by atoms with van der Waals surface area (Å²) >= 11 is 0. The highest BCUT2D eigenvalue weighted by Gasteiger charge is 2.16. The number of unbranched alkanes of at least 4 members (excludes halogenated alkanes) is 1. The molecule has 0 aromatic heterocycles. The number of nitrogens with one attached hydrogen (secondary N) is 1. The lowest BCUT2D eigenvalue weighted by Gasteiger charge is -2.14. The van der Waals surface area contributed by atoms with Crippen LogP contribution < -0.4 is 10.1 Å². The lowest BCUT2D eigenvalue weighted by Crippen LogP contribution is -2.41. The van der Waals surface area contributed by atoms with Crippen molar-refractivity contribution >= 4 is 5.97 Å². The normalized spacial score (nSPS) is 12.1. The van der Waals surface area contributed by atoms with E-state index in [9.17, 15) is 4.79 Å². The van der Waals surface area contributed by atoms with Gasteiger partial charge in [0.25, 0.3) is 0 Å². The lowest BCUT2D eigenvalue weighted by atomic mass is 10.1. The van der Waals surface area contributed by atoms with Crippen molar-refractivity contribution in [2.45, 2.75) is 39.2 Å². The minimum atomic E-state index is -0.888. The van der Waals surface area contributed by atoms with Gasteiger partial charge in [0, 0.05) is 0 Å². The quantitative estimate of drug-likeness (QED) is 0.720. The van der Waals surface area contributed by atoms with E-state index in [1.165, 1.54) is 18.4 Å². The summed E-state index contributed by atoms with van der Waals surface area (Å²) in [7, 11) is 0. The minimum absolute atomic E-state index is 0.136. The molecular weight excluding hydrogens is 242 g/mol. The smallest absolute Gasteiger partial charge is 0.324 e. The fourth-order valence-electron chi connectivity index (χ4n) is 1.78. The van der Waals surface area contributed by atoms with Crippen molar-refractivity contribution < 1.29 is 14.6 Å². The predicted molar refractivity (Wildman–Crippen MR) is 75.6 cm³/mol. The molecule has 0 saturated carbocycles. The summed E-state index contributed by atoms with van der Waals surface area (Å²) in [5.41, 5.74) is 1.29. The number of ether oxygens (including phenoxy) is 1. The van der Waals surface area contributed by atoms with Gasteiger partial charge in [0.15, 0.2) is 0 Å². The van der Waals surface area contributed by atoms with Crippen LogP contribution in [-0.2, 0) is 11.2 Å². The molecule has 19 heavy (non-hydrogen) atoms. The summed E-state index contributed by atoms with van der Waals surface area (Å²) in [6, 6.07) is 7.21. The summed E-state index contributed by atoms with van der Waals surface area (Å²) in [4.78, 5) is 10.9. The standard InChI is InChI=1S/C15H23NO3/c1-3-5-6-12-7-9-13(10-8-12)19-11-14(15(17)18)16-4-2/h7-10,14,16H,3-6,11H2,1-2H3,(H,17,18). The molecule has 0 spiro atoms. The molecule has 0 aliphatic heterocycles. The van der Waals surface area contributed by atoms with Crippen molar-refractivity contribution in [1.82, 2.24) is 5.32 Å². The highest BCUT2D eigenvalue weighted by molar-refractivity contribution is 5.73. The van der Waals surface area contributed by atoms with Gasteiger partial charge in [0.05, 0.1) is 0 Å². The second-order valence-electron chi connectivity index (χ2n) is 4.51. The molecule has 1 unspecified atom stereocenters. The van der Waals surface area contributed by atoms with Gasteiger partial charge in [0.1, 0.15) is 18.4 Å². The first-order valence-corrected chi connectivity index (χ1v) is 6.85. The minimum Gasteiger partial charge on any atom is -0.491 e. The van der Waals surface area contributed by atoms with Crippen molar-refractivity contribution in [1.29, 1.82) is 0 Å². The zero-order valence-electron chi connectivity index (χ0n) is 11.7. The van der Waals surface area contributed by atoms with Crippen molar-refractivity contribution in [3.63, 3.8) is 0 Å². The van der Waals surface area contributed by atoms with Crippen LogP contribution in [0, 0.1) is 0 Å². The zero-order valence-corrected chi connectivity index (χ0v) is 11.7. The van der Waals surface area contributed by atoms with Gasteiger partial charge >= 0.3 is 5.97 Å². The Balaban J connectivity index is 2.46. The van der Waals surface area contributed by atoms with E-state index in [4.69, 9.17) is 9.84 Å². The Labute approximate surface area is 114 Å². The molecule has 0 heterocycles. The van der Waals surface area contributed by atoms with Crippen LogP contribution >= 0.6 is 0 Å². The number of hydrogen-bond acceptors (Lipinski definition) is 3. The molecule has 0 radical (unpaired) electrons. The molecule has 1 aromatic rings. The van der Waals surface area contributed by atoms with Crippen LogP contribution in [0.2, 0.25) is 0 Å². The molecular formula is C15H23NO3. The van der Waals surface area contributed by atoms with Crippen LogP contribution in [-0.4, -0.2) is 30.3 Å². The van der Waals surface area contributed by atoms with Crippen molar-refractivity contribution in [3.8, 4) is 5.75 Å². The Morgan fingerprint density at radius 2 is 2.00 bits per heavy atom. The largest absolute Gasteiger partial charge is 0.491 e. The maximum atomic E-state index is 10.9. The zero-order chi connectivity index (χ0) is 14.1. The maximum absolute atomic E-state index is 10.9. The van der Waals surface area contributed by atoms with Crippen LogP contribution in [0.4, 0.5) is 0 Å². The number of aliphatic carboxylic acids is 1. The first kappa shape index (κ1) is 15.5. The van der Waals surface area contributed by atoms with Crippen molar-refractivity contribution in [3.05, 3.63) is 29.8 Å². The van der Waals surface area contributed by atoms with Gasteiger partial charge in [0.2, 0.25) is 0 Å². The van der Waals surface area contributed by atoms with E-state index in [0.717, 1.165) is 6.42 Å². The number of benzene rings is 1. The molecule has 0 aliphatic carbocycles. The number of aryl methyl sites for hydroxylation is 1. The Morgan fingerprint density at radius 3 is 2.53 bits per heavy atom. The Hall–Kier alpha value is -1.55. The van der Waals surface area contributed by atoms with E-state index in [1.54, 1.807) is 0 Å². The average Bonchev–Trinajstić information content (AvgIpc) is 2.42. The molecule has 1 atom stereocenters. The van der Waals surface area contributed by atoms with Gasteiger partial charge in [-0.2, -0.15) is 0 Å². The Morgan fingerprint density at radius 1 is 1.32 bits per heavy atom. The number of carboxylic acids is 1. The molecule has 0 bridgehead atoms. The molecule has 4 heteroatoms. The van der Waals surface area contributed by atoms with Gasteiger partial charge in [-0.05, 0) is 37.1 Å². The van der Waals surface area contributed by atoms with Gasteiger partial charge in [-0.3, -0.25) is 4.79 Å². The summed E-state index contributed by atoms with van der Waals surface area (Å²) in [5.74, 6) is -0.175. The fourth-order valence-corrected chi connectivity index (χ4v) is 1.78. The highest BCUT2D eigenvalue weighted by atomic mass is 16.5. The summed E-state index contributed by atoms with van der Waals surface area (Å²) < 4.78 is 5.50. The molecule has 0 aliphatic rings. The van der Waals surface area contributed by atoms with E-state index in [-0.39, 0.29) is 6.61 Å². The number of carbonyl (C=O) groups is 1. The Kier molecular flexibility index (Phi) is 6.97. The van der Waals surface area contributed by atoms with Gasteiger partial charge in [-0.15, -0.1) is 0 Å².